The summed E-state index contributed by atoms with van der Waals surface area (Å²) >= 11 is 0. The highest BCUT2D eigenvalue weighted by Gasteiger charge is 2.33. The van der Waals surface area contributed by atoms with E-state index in [1.807, 2.05) is 0 Å². The van der Waals surface area contributed by atoms with E-state index in [0.717, 1.165) is 32.1 Å². The molecule has 2 N–H and O–H groups in total. The van der Waals surface area contributed by atoms with Crippen LogP contribution in [0.3, 0.4) is 0 Å². The van der Waals surface area contributed by atoms with Gasteiger partial charge in [0.05, 0.1) is 18.7 Å². The molecule has 2 fully saturated rings. The molecule has 0 radical (unpaired) electrons. The smallest absolute Gasteiger partial charge is 0.240 e. The molecule has 1 saturated heterocycles. The second-order valence-corrected chi connectivity index (χ2v) is 5.47. The summed E-state index contributed by atoms with van der Waals surface area (Å²) in [6.07, 6.45) is 6.33. The van der Waals surface area contributed by atoms with Gasteiger partial charge in [0, 0.05) is 13.0 Å². The molecule has 1 aliphatic heterocycles. The van der Waals surface area contributed by atoms with Crippen LogP contribution in [0.15, 0.2) is 0 Å². The lowest BCUT2D eigenvalue weighted by atomic mass is 9.82. The van der Waals surface area contributed by atoms with Crippen molar-refractivity contribution >= 4 is 11.8 Å². The number of carbonyl (C=O) groups excluding carboxylic acids is 2. The van der Waals surface area contributed by atoms with Crippen molar-refractivity contribution in [3.05, 3.63) is 0 Å². The molecule has 5 heteroatoms. The Morgan fingerprint density at radius 2 is 2.00 bits per heavy atom. The largest absolute Gasteiger partial charge is 0.394 e. The summed E-state index contributed by atoms with van der Waals surface area (Å²) < 4.78 is 0. The first-order chi connectivity index (χ1) is 8.65. The van der Waals surface area contributed by atoms with Gasteiger partial charge in [-0.3, -0.25) is 9.59 Å². The molecular weight excluding hydrogens is 232 g/mol. The van der Waals surface area contributed by atoms with E-state index in [9.17, 15) is 14.7 Å². The van der Waals surface area contributed by atoms with Gasteiger partial charge in [-0.05, 0) is 19.3 Å². The third kappa shape index (κ3) is 3.02. The summed E-state index contributed by atoms with van der Waals surface area (Å²) in [7, 11) is 0. The van der Waals surface area contributed by atoms with E-state index in [-0.39, 0.29) is 25.0 Å². The Bertz CT molecular complexity index is 324. The van der Waals surface area contributed by atoms with Gasteiger partial charge in [-0.15, -0.1) is 0 Å². The SMILES string of the molecule is O=C(CN1CCCC1=O)NC1(CO)CCCCC1. The topological polar surface area (TPSA) is 69.6 Å². The van der Waals surface area contributed by atoms with Gasteiger partial charge in [-0.2, -0.15) is 0 Å². The highest BCUT2D eigenvalue weighted by molar-refractivity contribution is 5.86. The number of aliphatic hydroxyl groups is 1. The quantitative estimate of drug-likeness (QED) is 0.764. The van der Waals surface area contributed by atoms with E-state index < -0.39 is 5.54 Å². The number of amides is 2. The Morgan fingerprint density at radius 3 is 2.56 bits per heavy atom. The maximum Gasteiger partial charge on any atom is 0.240 e. The Labute approximate surface area is 108 Å². The Kier molecular flexibility index (Phi) is 4.22. The highest BCUT2D eigenvalue weighted by Crippen LogP contribution is 2.27. The fourth-order valence-corrected chi connectivity index (χ4v) is 2.93. The molecule has 0 aromatic carbocycles. The minimum Gasteiger partial charge on any atom is -0.394 e. The van der Waals surface area contributed by atoms with Crippen LogP contribution in [-0.4, -0.2) is 47.1 Å². The monoisotopic (exact) mass is 254 g/mol. The Morgan fingerprint density at radius 1 is 1.28 bits per heavy atom. The first-order valence-electron chi connectivity index (χ1n) is 6.85. The van der Waals surface area contributed by atoms with Gasteiger partial charge in [0.1, 0.15) is 0 Å². The predicted molar refractivity (Wildman–Crippen MR) is 66.9 cm³/mol. The zero-order valence-corrected chi connectivity index (χ0v) is 10.8. The molecule has 0 unspecified atom stereocenters. The molecule has 0 aromatic rings. The molecular formula is C13H22N2O3. The van der Waals surface area contributed by atoms with Crippen molar-refractivity contribution in [3.8, 4) is 0 Å². The van der Waals surface area contributed by atoms with Gasteiger partial charge in [-0.25, -0.2) is 0 Å². The number of hydrogen-bond acceptors (Lipinski definition) is 3. The predicted octanol–water partition coefficient (Wildman–Crippen LogP) is 0.420. The van der Waals surface area contributed by atoms with E-state index in [1.54, 1.807) is 4.90 Å². The lowest BCUT2D eigenvalue weighted by Crippen LogP contribution is -2.54. The van der Waals surface area contributed by atoms with Crippen molar-refractivity contribution in [1.29, 1.82) is 0 Å². The number of carbonyl (C=O) groups is 2. The van der Waals surface area contributed by atoms with E-state index in [4.69, 9.17) is 0 Å². The number of aliphatic hydroxyl groups excluding tert-OH is 1. The molecule has 2 aliphatic rings. The molecule has 1 saturated carbocycles. The van der Waals surface area contributed by atoms with Crippen molar-refractivity contribution in [2.45, 2.75) is 50.5 Å². The van der Waals surface area contributed by atoms with Crippen molar-refractivity contribution < 1.29 is 14.7 Å². The zero-order chi connectivity index (χ0) is 13.0. The second-order valence-electron chi connectivity index (χ2n) is 5.47. The van der Waals surface area contributed by atoms with E-state index in [0.29, 0.717) is 13.0 Å². The molecule has 1 heterocycles. The number of nitrogens with zero attached hydrogens (tertiary/aromatic N) is 1. The van der Waals surface area contributed by atoms with E-state index >= 15 is 0 Å². The summed E-state index contributed by atoms with van der Waals surface area (Å²) in [6.45, 7) is 0.811. The number of hydrogen-bond donors (Lipinski definition) is 2. The van der Waals surface area contributed by atoms with Crippen LogP contribution < -0.4 is 5.32 Å². The lowest BCUT2D eigenvalue weighted by molar-refractivity contribution is -0.134. The first-order valence-corrected chi connectivity index (χ1v) is 6.85. The van der Waals surface area contributed by atoms with E-state index in [1.165, 1.54) is 6.42 Å². The zero-order valence-electron chi connectivity index (χ0n) is 10.8. The fourth-order valence-electron chi connectivity index (χ4n) is 2.93. The number of nitrogens with one attached hydrogen (secondary N) is 1. The molecule has 1 aliphatic carbocycles. The molecule has 0 bridgehead atoms. The third-order valence-corrected chi connectivity index (χ3v) is 4.02. The van der Waals surface area contributed by atoms with Crippen LogP contribution in [0.2, 0.25) is 0 Å². The van der Waals surface area contributed by atoms with Crippen LogP contribution in [0, 0.1) is 0 Å². The van der Waals surface area contributed by atoms with Gasteiger partial charge in [0.2, 0.25) is 11.8 Å². The maximum atomic E-state index is 12.0. The van der Waals surface area contributed by atoms with Crippen LogP contribution in [0.4, 0.5) is 0 Å². The van der Waals surface area contributed by atoms with Crippen LogP contribution in [-0.2, 0) is 9.59 Å². The molecule has 0 spiro atoms. The molecule has 0 atom stereocenters. The first kappa shape index (κ1) is 13.3. The van der Waals surface area contributed by atoms with Crippen LogP contribution in [0.25, 0.3) is 0 Å². The van der Waals surface area contributed by atoms with Gasteiger partial charge in [0.15, 0.2) is 0 Å². The van der Waals surface area contributed by atoms with Gasteiger partial charge < -0.3 is 15.3 Å². The average molecular weight is 254 g/mol. The standard InChI is InChI=1S/C13H22N2O3/c16-10-13(6-2-1-3-7-13)14-11(17)9-15-8-4-5-12(15)18/h16H,1-10H2,(H,14,17). The average Bonchev–Trinajstić information content (AvgIpc) is 2.76. The van der Waals surface area contributed by atoms with Crippen LogP contribution >= 0.6 is 0 Å². The van der Waals surface area contributed by atoms with Gasteiger partial charge >= 0.3 is 0 Å². The summed E-state index contributed by atoms with van der Waals surface area (Å²) in [5.41, 5.74) is -0.446. The number of likely N-dealkylation sites (tertiary alicyclic amines) is 1. The molecule has 18 heavy (non-hydrogen) atoms. The van der Waals surface area contributed by atoms with Crippen LogP contribution in [0.5, 0.6) is 0 Å². The molecule has 2 amide bonds. The maximum absolute atomic E-state index is 12.0. The van der Waals surface area contributed by atoms with Crippen molar-refractivity contribution in [1.82, 2.24) is 10.2 Å². The fraction of sp³-hybridized carbons (Fsp3) is 0.846. The van der Waals surface area contributed by atoms with Gasteiger partial charge in [0.25, 0.3) is 0 Å². The van der Waals surface area contributed by atoms with Crippen molar-refractivity contribution in [2.24, 2.45) is 0 Å². The second kappa shape index (κ2) is 5.69. The summed E-state index contributed by atoms with van der Waals surface area (Å²) in [4.78, 5) is 25.0. The minimum absolute atomic E-state index is 0.00726. The molecule has 5 nitrogen and oxygen atoms in total. The Balaban J connectivity index is 1.87. The van der Waals surface area contributed by atoms with Gasteiger partial charge in [-0.1, -0.05) is 19.3 Å². The van der Waals surface area contributed by atoms with Crippen molar-refractivity contribution in [3.63, 3.8) is 0 Å². The van der Waals surface area contributed by atoms with Crippen LogP contribution in [0.1, 0.15) is 44.9 Å². The number of rotatable bonds is 4. The molecule has 0 aromatic heterocycles. The van der Waals surface area contributed by atoms with Crippen molar-refractivity contribution in [2.75, 3.05) is 19.7 Å². The van der Waals surface area contributed by atoms with E-state index in [2.05, 4.69) is 5.32 Å². The summed E-state index contributed by atoms with van der Waals surface area (Å²) in [5.74, 6) is -0.0759. The summed E-state index contributed by atoms with van der Waals surface area (Å²) in [5, 5.41) is 12.5. The molecule has 102 valence electrons. The summed E-state index contributed by atoms with van der Waals surface area (Å²) in [6, 6.07) is 0. The minimum atomic E-state index is -0.446. The third-order valence-electron chi connectivity index (χ3n) is 4.02. The lowest BCUT2D eigenvalue weighted by Gasteiger charge is -2.36. The molecule has 2 rings (SSSR count). The Hall–Kier alpha value is -1.10. The normalized spacial score (nSPS) is 23.2. The highest BCUT2D eigenvalue weighted by atomic mass is 16.3.